The third-order valence-corrected chi connectivity index (χ3v) is 6.31. The van der Waals surface area contributed by atoms with E-state index in [9.17, 15) is 14.4 Å². The summed E-state index contributed by atoms with van der Waals surface area (Å²) in [5.41, 5.74) is 1.41. The molecule has 0 spiro atoms. The van der Waals surface area contributed by atoms with Crippen LogP contribution in [0.15, 0.2) is 65.3 Å². The fourth-order valence-corrected chi connectivity index (χ4v) is 4.52. The lowest BCUT2D eigenvalue weighted by Gasteiger charge is -2.28. The second-order valence-electron chi connectivity index (χ2n) is 8.55. The third kappa shape index (κ3) is 3.49. The molecule has 3 N–H and O–H groups in total. The normalized spacial score (nSPS) is 18.8. The van der Waals surface area contributed by atoms with Gasteiger partial charge in [0, 0.05) is 36.3 Å². The van der Waals surface area contributed by atoms with Crippen molar-refractivity contribution in [3.63, 3.8) is 0 Å². The minimum atomic E-state index is -1.61. The molecule has 1 saturated heterocycles. The van der Waals surface area contributed by atoms with Crippen molar-refractivity contribution in [1.29, 1.82) is 0 Å². The summed E-state index contributed by atoms with van der Waals surface area (Å²) in [6, 6.07) is 13.3. The maximum absolute atomic E-state index is 13.2. The number of imide groups is 1. The number of nitrogens with one attached hydrogen (secondary N) is 3. The van der Waals surface area contributed by atoms with Crippen LogP contribution in [0.1, 0.15) is 21.7 Å². The summed E-state index contributed by atoms with van der Waals surface area (Å²) < 4.78 is 11.2. The number of carbonyl (C=O) groups is 3. The first kappa shape index (κ1) is 21.6. The average Bonchev–Trinajstić information content (AvgIpc) is 3.53. The number of pyridine rings is 2. The Morgan fingerprint density at radius 2 is 1.94 bits per heavy atom. The number of hydrogen-bond donors (Lipinski definition) is 3. The summed E-state index contributed by atoms with van der Waals surface area (Å²) >= 11 is 0. The molecule has 11 nitrogen and oxygen atoms in total. The van der Waals surface area contributed by atoms with Crippen molar-refractivity contribution in [3.8, 4) is 5.75 Å². The zero-order valence-corrected chi connectivity index (χ0v) is 19.1. The highest BCUT2D eigenvalue weighted by molar-refractivity contribution is 6.08. The number of anilines is 2. The number of amides is 4. The van der Waals surface area contributed by atoms with Crippen LogP contribution in [0.3, 0.4) is 0 Å². The van der Waals surface area contributed by atoms with E-state index >= 15 is 0 Å². The van der Waals surface area contributed by atoms with Gasteiger partial charge in [-0.25, -0.2) is 9.78 Å². The van der Waals surface area contributed by atoms with E-state index in [1.807, 2.05) is 6.07 Å². The number of rotatable bonds is 6. The van der Waals surface area contributed by atoms with Gasteiger partial charge in [0.25, 0.3) is 11.8 Å². The Morgan fingerprint density at radius 3 is 2.69 bits per heavy atom. The summed E-state index contributed by atoms with van der Waals surface area (Å²) in [7, 11) is 1.53. The highest BCUT2D eigenvalue weighted by atomic mass is 16.5. The summed E-state index contributed by atoms with van der Waals surface area (Å²) in [4.78, 5) is 48.6. The van der Waals surface area contributed by atoms with Crippen molar-refractivity contribution < 1.29 is 23.5 Å². The van der Waals surface area contributed by atoms with Crippen molar-refractivity contribution in [3.05, 3.63) is 77.8 Å². The van der Waals surface area contributed by atoms with Gasteiger partial charge in [-0.3, -0.25) is 19.9 Å². The Balaban J connectivity index is 1.34. The molecule has 0 aliphatic carbocycles. The van der Waals surface area contributed by atoms with Crippen molar-refractivity contribution in [2.24, 2.45) is 0 Å². The quantitative estimate of drug-likeness (QED) is 0.355. The van der Waals surface area contributed by atoms with Crippen LogP contribution in [0.4, 0.5) is 16.3 Å². The largest absolute Gasteiger partial charge is 0.497 e. The molecule has 0 saturated carbocycles. The van der Waals surface area contributed by atoms with Gasteiger partial charge in [-0.2, -0.15) is 0 Å². The van der Waals surface area contributed by atoms with Crippen LogP contribution in [0.2, 0.25) is 0 Å². The first-order valence-corrected chi connectivity index (χ1v) is 11.1. The molecule has 11 heteroatoms. The number of benzene rings is 1. The number of fused-ring (bicyclic) bond motifs is 2. The van der Waals surface area contributed by atoms with Gasteiger partial charge in [-0.05, 0) is 42.0 Å². The van der Waals surface area contributed by atoms with Crippen LogP contribution in [0.25, 0.3) is 11.1 Å². The number of nitrogens with zero attached hydrogens (tertiary/aromatic N) is 3. The Bertz CT molecular complexity index is 1530. The summed E-state index contributed by atoms with van der Waals surface area (Å²) in [6.07, 6.45) is 3.33. The molecule has 180 valence electrons. The lowest BCUT2D eigenvalue weighted by Crippen LogP contribution is -2.52. The van der Waals surface area contributed by atoms with Crippen LogP contribution in [-0.4, -0.2) is 46.4 Å². The highest BCUT2D eigenvalue weighted by Crippen LogP contribution is 2.35. The van der Waals surface area contributed by atoms with Crippen molar-refractivity contribution >= 4 is 40.5 Å². The van der Waals surface area contributed by atoms with Gasteiger partial charge in [-0.1, -0.05) is 6.07 Å². The predicted molar refractivity (Wildman–Crippen MR) is 128 cm³/mol. The number of hydrogen-bond acceptors (Lipinski definition) is 8. The molecule has 3 aromatic heterocycles. The maximum atomic E-state index is 13.2. The van der Waals surface area contributed by atoms with Crippen LogP contribution in [0.5, 0.6) is 5.75 Å². The van der Waals surface area contributed by atoms with Gasteiger partial charge in [0.2, 0.25) is 0 Å². The molecule has 6 rings (SSSR count). The molecule has 4 amide bonds. The average molecular weight is 484 g/mol. The Labute approximate surface area is 204 Å². The zero-order valence-electron chi connectivity index (χ0n) is 19.1. The van der Waals surface area contributed by atoms with E-state index in [0.717, 1.165) is 11.3 Å². The minimum absolute atomic E-state index is 0.123. The number of aromatic nitrogens is 2. The van der Waals surface area contributed by atoms with Gasteiger partial charge in [0.15, 0.2) is 11.1 Å². The Morgan fingerprint density at radius 1 is 1.11 bits per heavy atom. The number of urea groups is 1. The van der Waals surface area contributed by atoms with Crippen molar-refractivity contribution in [2.45, 2.75) is 12.1 Å². The Kier molecular flexibility index (Phi) is 4.85. The third-order valence-electron chi connectivity index (χ3n) is 6.31. The van der Waals surface area contributed by atoms with Crippen molar-refractivity contribution in [1.82, 2.24) is 25.5 Å². The van der Waals surface area contributed by atoms with Crippen LogP contribution in [0, 0.1) is 0 Å². The molecule has 36 heavy (non-hydrogen) atoms. The summed E-state index contributed by atoms with van der Waals surface area (Å²) in [6.45, 7) is 0.157. The molecule has 4 aromatic rings. The molecule has 0 bridgehead atoms. The van der Waals surface area contributed by atoms with Gasteiger partial charge >= 0.3 is 6.03 Å². The molecule has 1 atom stereocenters. The summed E-state index contributed by atoms with van der Waals surface area (Å²) in [5.74, 6) is 0.424. The molecular weight excluding hydrogens is 464 g/mol. The fourth-order valence-electron chi connectivity index (χ4n) is 4.52. The second-order valence-corrected chi connectivity index (χ2v) is 8.55. The number of methoxy groups -OCH3 is 1. The standard InChI is InChI=1S/C25H20N6O5/c1-35-16-3-2-14-12-31(22(32)17(14)10-16)13-25(23(33)29-24(34)30-25)20-11-18-19(36-20)4-5-21(28-18)27-15-6-8-26-9-7-15/h2-11H,12-13H2,1H3,(H,26,27,28)(H2,29,30,33,34)/t25-/m0/s1. The molecule has 2 aliphatic heterocycles. The van der Waals surface area contributed by atoms with E-state index in [2.05, 4.69) is 25.9 Å². The van der Waals surface area contributed by atoms with Crippen molar-refractivity contribution in [2.75, 3.05) is 19.0 Å². The SMILES string of the molecule is COc1ccc2c(c1)C(=O)N(C[C@@]1(c3cc4nc(Nc5ccncc5)ccc4o3)NC(=O)NC1=O)C2. The maximum Gasteiger partial charge on any atom is 0.322 e. The molecular formula is C25H20N6O5. The van der Waals surface area contributed by atoms with E-state index in [-0.39, 0.29) is 24.8 Å². The molecule has 1 fully saturated rings. The Hall–Kier alpha value is -4.93. The highest BCUT2D eigenvalue weighted by Gasteiger charge is 2.53. The van der Waals surface area contributed by atoms with E-state index in [1.165, 1.54) is 12.0 Å². The molecule has 2 aliphatic rings. The van der Waals surface area contributed by atoms with Crippen LogP contribution >= 0.6 is 0 Å². The van der Waals surface area contributed by atoms with Gasteiger partial charge in [0.05, 0.1) is 13.7 Å². The lowest BCUT2D eigenvalue weighted by atomic mass is 9.95. The fraction of sp³-hybridized carbons (Fsp3) is 0.160. The summed E-state index contributed by atoms with van der Waals surface area (Å²) in [5, 5.41) is 8.14. The topological polar surface area (TPSA) is 139 Å². The molecule has 5 heterocycles. The first-order chi connectivity index (χ1) is 17.4. The lowest BCUT2D eigenvalue weighted by molar-refractivity contribution is -0.125. The van der Waals surface area contributed by atoms with Gasteiger partial charge < -0.3 is 24.7 Å². The zero-order chi connectivity index (χ0) is 24.9. The molecule has 1 aromatic carbocycles. The number of ether oxygens (including phenoxy) is 1. The second kappa shape index (κ2) is 8.08. The van der Waals surface area contributed by atoms with E-state index < -0.39 is 17.5 Å². The molecule has 0 radical (unpaired) electrons. The van der Waals surface area contributed by atoms with Crippen LogP contribution < -0.4 is 20.7 Å². The van der Waals surface area contributed by atoms with Gasteiger partial charge in [-0.15, -0.1) is 0 Å². The van der Waals surface area contributed by atoms with E-state index in [4.69, 9.17) is 9.15 Å². The minimum Gasteiger partial charge on any atom is -0.497 e. The van der Waals surface area contributed by atoms with Crippen LogP contribution in [-0.2, 0) is 16.9 Å². The monoisotopic (exact) mass is 484 g/mol. The predicted octanol–water partition coefficient (Wildman–Crippen LogP) is 2.67. The first-order valence-electron chi connectivity index (χ1n) is 11.1. The van der Waals surface area contributed by atoms with Gasteiger partial charge in [0.1, 0.15) is 22.8 Å². The molecule has 0 unspecified atom stereocenters. The van der Waals surface area contributed by atoms with E-state index in [1.54, 1.807) is 54.9 Å². The van der Waals surface area contributed by atoms with E-state index in [0.29, 0.717) is 28.2 Å². The smallest absolute Gasteiger partial charge is 0.322 e. The number of furan rings is 1. The number of carbonyl (C=O) groups excluding carboxylic acids is 3.